The summed E-state index contributed by atoms with van der Waals surface area (Å²) in [6, 6.07) is 8.49. The average Bonchev–Trinajstić information content (AvgIpc) is 3.57. The standard InChI is InChI=1S/C24H20ClN3O5/c1-11-14(25)6-5-13-20(11)26-23(31)24(13)19-18(15-3-2-8-27(15)24)21(29)28(22(19)30)12-4-7-16-17(9-12)33-10-32-16/h4-7,9,15,18-19H,2-3,8,10H2,1H3,(H,26,31)/t15-,18+,19-,24-/m0/s1. The molecule has 3 fully saturated rings. The summed E-state index contributed by atoms with van der Waals surface area (Å²) < 4.78 is 10.8. The molecule has 7 rings (SSSR count). The largest absolute Gasteiger partial charge is 0.454 e. The van der Waals surface area contributed by atoms with Crippen LogP contribution < -0.4 is 19.7 Å². The molecule has 0 radical (unpaired) electrons. The van der Waals surface area contributed by atoms with Gasteiger partial charge in [0.2, 0.25) is 24.5 Å². The van der Waals surface area contributed by atoms with Gasteiger partial charge in [-0.25, -0.2) is 4.90 Å². The molecule has 0 aromatic heterocycles. The number of anilines is 2. The van der Waals surface area contributed by atoms with Crippen molar-refractivity contribution in [3.63, 3.8) is 0 Å². The van der Waals surface area contributed by atoms with Crippen molar-refractivity contribution in [1.29, 1.82) is 0 Å². The summed E-state index contributed by atoms with van der Waals surface area (Å²) in [4.78, 5) is 44.8. The smallest absolute Gasteiger partial charge is 0.250 e. The van der Waals surface area contributed by atoms with Gasteiger partial charge in [0.05, 0.1) is 23.2 Å². The van der Waals surface area contributed by atoms with Crippen LogP contribution in [0.15, 0.2) is 30.3 Å². The molecule has 5 aliphatic heterocycles. The number of hydrogen-bond acceptors (Lipinski definition) is 6. The van der Waals surface area contributed by atoms with E-state index in [1.165, 1.54) is 4.90 Å². The number of rotatable bonds is 1. The first-order chi connectivity index (χ1) is 15.9. The molecule has 168 valence electrons. The Labute approximate surface area is 194 Å². The van der Waals surface area contributed by atoms with E-state index in [2.05, 4.69) is 10.2 Å². The zero-order valence-electron chi connectivity index (χ0n) is 17.8. The normalized spacial score (nSPS) is 31.4. The number of nitrogens with one attached hydrogen (secondary N) is 1. The fourth-order valence-corrected chi connectivity index (χ4v) is 6.83. The summed E-state index contributed by atoms with van der Waals surface area (Å²) in [6.45, 7) is 2.62. The number of carbonyl (C=O) groups excluding carboxylic acids is 3. The molecule has 5 heterocycles. The van der Waals surface area contributed by atoms with Gasteiger partial charge in [0.15, 0.2) is 11.5 Å². The Bertz CT molecular complexity index is 1300. The molecule has 0 saturated carbocycles. The van der Waals surface area contributed by atoms with Crippen LogP contribution >= 0.6 is 11.6 Å². The van der Waals surface area contributed by atoms with Crippen LogP contribution in [0.25, 0.3) is 0 Å². The first kappa shape index (κ1) is 19.4. The molecule has 1 N–H and O–H groups in total. The molecule has 0 aliphatic carbocycles. The van der Waals surface area contributed by atoms with Gasteiger partial charge >= 0.3 is 0 Å². The van der Waals surface area contributed by atoms with Crippen LogP contribution in [0.1, 0.15) is 24.0 Å². The van der Waals surface area contributed by atoms with Crippen LogP contribution in [0.4, 0.5) is 11.4 Å². The summed E-state index contributed by atoms with van der Waals surface area (Å²) >= 11 is 6.34. The van der Waals surface area contributed by atoms with Crippen molar-refractivity contribution in [1.82, 2.24) is 4.90 Å². The Hall–Kier alpha value is -3.10. The van der Waals surface area contributed by atoms with Crippen molar-refractivity contribution in [2.75, 3.05) is 23.6 Å². The number of ether oxygens (including phenoxy) is 2. The van der Waals surface area contributed by atoms with Crippen LogP contribution in [-0.2, 0) is 19.9 Å². The number of halogens is 1. The topological polar surface area (TPSA) is 88.2 Å². The monoisotopic (exact) mass is 465 g/mol. The molecular formula is C24H20ClN3O5. The van der Waals surface area contributed by atoms with Gasteiger partial charge in [-0.3, -0.25) is 19.3 Å². The first-order valence-electron chi connectivity index (χ1n) is 11.1. The van der Waals surface area contributed by atoms with Gasteiger partial charge in [-0.1, -0.05) is 17.7 Å². The van der Waals surface area contributed by atoms with Crippen LogP contribution in [-0.4, -0.2) is 42.0 Å². The van der Waals surface area contributed by atoms with Gasteiger partial charge in [-0.15, -0.1) is 0 Å². The van der Waals surface area contributed by atoms with E-state index in [4.69, 9.17) is 21.1 Å². The molecular weight excluding hydrogens is 446 g/mol. The Morgan fingerprint density at radius 1 is 1.09 bits per heavy atom. The zero-order chi connectivity index (χ0) is 22.6. The lowest BCUT2D eigenvalue weighted by atomic mass is 9.75. The Morgan fingerprint density at radius 2 is 1.91 bits per heavy atom. The third-order valence-electron chi connectivity index (χ3n) is 7.98. The Balaban J connectivity index is 1.41. The van der Waals surface area contributed by atoms with Crippen LogP contribution in [0.3, 0.4) is 0 Å². The number of amides is 3. The summed E-state index contributed by atoms with van der Waals surface area (Å²) in [5, 5.41) is 3.56. The molecule has 0 bridgehead atoms. The maximum Gasteiger partial charge on any atom is 0.250 e. The Kier molecular flexibility index (Phi) is 3.68. The predicted octanol–water partition coefficient (Wildman–Crippen LogP) is 2.81. The maximum absolute atomic E-state index is 14.0. The second-order valence-electron chi connectivity index (χ2n) is 9.27. The summed E-state index contributed by atoms with van der Waals surface area (Å²) in [7, 11) is 0. The number of fused-ring (bicyclic) bond motifs is 8. The molecule has 3 amide bonds. The van der Waals surface area contributed by atoms with Crippen LogP contribution in [0.5, 0.6) is 11.5 Å². The highest BCUT2D eigenvalue weighted by molar-refractivity contribution is 6.32. The van der Waals surface area contributed by atoms with Gasteiger partial charge in [0.25, 0.3) is 0 Å². The van der Waals surface area contributed by atoms with E-state index in [0.717, 1.165) is 24.0 Å². The quantitative estimate of drug-likeness (QED) is 0.652. The minimum Gasteiger partial charge on any atom is -0.454 e. The average molecular weight is 466 g/mol. The molecule has 3 saturated heterocycles. The van der Waals surface area contributed by atoms with Gasteiger partial charge in [-0.05, 0) is 50.1 Å². The number of carbonyl (C=O) groups is 3. The van der Waals surface area contributed by atoms with Crippen molar-refractivity contribution < 1.29 is 23.9 Å². The lowest BCUT2D eigenvalue weighted by molar-refractivity contribution is -0.135. The first-order valence-corrected chi connectivity index (χ1v) is 11.5. The minimum atomic E-state index is -1.21. The van der Waals surface area contributed by atoms with E-state index in [1.54, 1.807) is 24.3 Å². The third kappa shape index (κ3) is 2.14. The zero-order valence-corrected chi connectivity index (χ0v) is 18.5. The molecule has 8 nitrogen and oxygen atoms in total. The summed E-state index contributed by atoms with van der Waals surface area (Å²) in [5.41, 5.74) is 1.38. The maximum atomic E-state index is 14.0. The fraction of sp³-hybridized carbons (Fsp3) is 0.375. The fourth-order valence-electron chi connectivity index (χ4n) is 6.67. The van der Waals surface area contributed by atoms with Crippen molar-refractivity contribution in [2.45, 2.75) is 31.3 Å². The predicted molar refractivity (Wildman–Crippen MR) is 118 cm³/mol. The van der Waals surface area contributed by atoms with E-state index in [1.807, 2.05) is 13.0 Å². The van der Waals surface area contributed by atoms with E-state index < -0.39 is 17.4 Å². The summed E-state index contributed by atoms with van der Waals surface area (Å²) in [6.07, 6.45) is 1.64. The molecule has 0 unspecified atom stereocenters. The van der Waals surface area contributed by atoms with Crippen LogP contribution in [0.2, 0.25) is 5.02 Å². The molecule has 33 heavy (non-hydrogen) atoms. The van der Waals surface area contributed by atoms with Crippen molar-refractivity contribution in [3.05, 3.63) is 46.5 Å². The lowest BCUT2D eigenvalue weighted by Crippen LogP contribution is -2.54. The summed E-state index contributed by atoms with van der Waals surface area (Å²) in [5.74, 6) is -1.18. The second kappa shape index (κ2) is 6.27. The van der Waals surface area contributed by atoms with Gasteiger partial charge in [-0.2, -0.15) is 0 Å². The highest BCUT2D eigenvalue weighted by Gasteiger charge is 2.74. The minimum absolute atomic E-state index is 0.102. The SMILES string of the molecule is Cc1c(Cl)ccc2c1NC(=O)[C@@]21[C@@H]2C(=O)N(c3ccc4c(c3)OCO4)C(=O)[C@@H]2[C@@H]2CCCN21. The Morgan fingerprint density at radius 3 is 2.76 bits per heavy atom. The molecule has 4 atom stereocenters. The van der Waals surface area contributed by atoms with E-state index in [0.29, 0.717) is 34.4 Å². The molecule has 2 aromatic carbocycles. The van der Waals surface area contributed by atoms with E-state index in [9.17, 15) is 14.4 Å². The van der Waals surface area contributed by atoms with Gasteiger partial charge < -0.3 is 14.8 Å². The molecule has 2 aromatic rings. The molecule has 1 spiro atoms. The van der Waals surface area contributed by atoms with Crippen molar-refractivity contribution in [2.24, 2.45) is 11.8 Å². The number of hydrogen-bond donors (Lipinski definition) is 1. The van der Waals surface area contributed by atoms with E-state index in [-0.39, 0.29) is 30.6 Å². The number of benzene rings is 2. The lowest BCUT2D eigenvalue weighted by Gasteiger charge is -2.36. The van der Waals surface area contributed by atoms with E-state index >= 15 is 0 Å². The molecule has 9 heteroatoms. The number of nitrogens with zero attached hydrogens (tertiary/aromatic N) is 2. The highest BCUT2D eigenvalue weighted by atomic mass is 35.5. The van der Waals surface area contributed by atoms with Gasteiger partial charge in [0, 0.05) is 22.7 Å². The second-order valence-corrected chi connectivity index (χ2v) is 9.68. The van der Waals surface area contributed by atoms with Gasteiger partial charge in [0.1, 0.15) is 5.54 Å². The highest BCUT2D eigenvalue weighted by Crippen LogP contribution is 2.61. The van der Waals surface area contributed by atoms with Crippen molar-refractivity contribution >= 4 is 40.7 Å². The van der Waals surface area contributed by atoms with Crippen LogP contribution in [0, 0.1) is 18.8 Å². The number of imide groups is 1. The van der Waals surface area contributed by atoms with Crippen molar-refractivity contribution in [3.8, 4) is 11.5 Å². The third-order valence-corrected chi connectivity index (χ3v) is 8.39. The molecule has 5 aliphatic rings.